The average Bonchev–Trinajstić information content (AvgIpc) is 3.13. The number of benzene rings is 2. The fourth-order valence-corrected chi connectivity index (χ4v) is 7.95. The first kappa shape index (κ1) is 34.2. The molecule has 1 aliphatic carbocycles. The monoisotopic (exact) mass is 650 g/mol. The third-order valence-electron chi connectivity index (χ3n) is 8.29. The smallest absolute Gasteiger partial charge is 0.322 e. The highest BCUT2D eigenvalue weighted by molar-refractivity contribution is 8.17. The van der Waals surface area contributed by atoms with Crippen molar-refractivity contribution in [3.63, 3.8) is 0 Å². The lowest BCUT2D eigenvalue weighted by atomic mass is 9.67. The van der Waals surface area contributed by atoms with Crippen LogP contribution >= 0.6 is 23.5 Å². The van der Waals surface area contributed by atoms with Gasteiger partial charge in [0, 0.05) is 16.4 Å². The van der Waals surface area contributed by atoms with Crippen molar-refractivity contribution in [3.8, 4) is 0 Å². The Labute approximate surface area is 271 Å². The number of hydrogen-bond donors (Lipinski definition) is 4. The lowest BCUT2D eigenvalue weighted by molar-refractivity contribution is -0.138. The molecule has 4 N–H and O–H groups in total. The van der Waals surface area contributed by atoms with Gasteiger partial charge in [0.2, 0.25) is 16.9 Å². The number of ketones is 1. The van der Waals surface area contributed by atoms with Gasteiger partial charge in [0.05, 0.1) is 22.5 Å². The molecule has 2 aromatic carbocycles. The molecule has 238 valence electrons. The van der Waals surface area contributed by atoms with Crippen LogP contribution in [0, 0.1) is 5.41 Å². The van der Waals surface area contributed by atoms with E-state index in [9.17, 15) is 29.1 Å². The molecule has 2 aromatic rings. The number of unbranched alkanes of at least 4 members (excludes halogenated alkanes) is 1. The van der Waals surface area contributed by atoms with Crippen molar-refractivity contribution in [2.75, 3.05) is 12.3 Å². The summed E-state index contributed by atoms with van der Waals surface area (Å²) in [6.07, 6.45) is 4.87. The fourth-order valence-electron chi connectivity index (χ4n) is 5.81. The Morgan fingerprint density at radius 2 is 1.69 bits per heavy atom. The van der Waals surface area contributed by atoms with E-state index in [0.717, 1.165) is 41.9 Å². The van der Waals surface area contributed by atoms with Gasteiger partial charge in [-0.05, 0) is 24.0 Å². The summed E-state index contributed by atoms with van der Waals surface area (Å²) < 4.78 is 0. The van der Waals surface area contributed by atoms with E-state index >= 15 is 0 Å². The molecule has 0 fully saturated rings. The van der Waals surface area contributed by atoms with Crippen LogP contribution in [0.2, 0.25) is 0 Å². The first-order valence-corrected chi connectivity index (χ1v) is 16.9. The molecule has 1 aliphatic heterocycles. The molecule has 1 heterocycles. The Balaban J connectivity index is 1.56. The zero-order chi connectivity index (χ0) is 32.6. The number of carbonyl (C=O) groups excluding carboxylic acids is 4. The maximum Gasteiger partial charge on any atom is 0.322 e. The van der Waals surface area contributed by atoms with Crippen molar-refractivity contribution >= 4 is 52.2 Å². The second-order valence-electron chi connectivity index (χ2n) is 11.1. The number of amides is 2. The highest BCUT2D eigenvalue weighted by Gasteiger charge is 2.52. The molecule has 4 unspecified atom stereocenters. The molecule has 2 amide bonds. The molecule has 0 spiro atoms. The van der Waals surface area contributed by atoms with E-state index in [1.54, 1.807) is 42.5 Å². The predicted octanol–water partition coefficient (Wildman–Crippen LogP) is 4.54. The van der Waals surface area contributed by atoms with E-state index < -0.39 is 53.1 Å². The molecular formula is C34H38N2O7S2. The number of carboxylic acid groups (broad SMARTS) is 1. The van der Waals surface area contributed by atoms with E-state index in [1.807, 2.05) is 44.2 Å². The number of aliphatic carboxylic acids is 1. The van der Waals surface area contributed by atoms with Crippen LogP contribution in [0.25, 0.3) is 0 Å². The molecule has 5 atom stereocenters. The SMILES string of the molecule is CCCCC1(CC)C(=O)SC2=C(C(=O)C(SCC(=O)N[C@@H](C(=O)NCC(=O)O)c3ccccc3)C=C2)C(c2ccccc2)C1O. The number of thioether (sulfide) groups is 2. The summed E-state index contributed by atoms with van der Waals surface area (Å²) in [5.41, 5.74) is 0.562. The standard InChI is InChI=1S/C34H38N2O7S2/c1-3-5-18-34(4-2)31(41)27(21-12-8-6-9-13-21)28-23(45-33(34)43)16-17-24(30(28)40)44-20-25(37)36-29(22-14-10-7-11-15-22)32(42)35-19-26(38)39/h6-17,24,27,29,31,41H,3-5,18-20H2,1-2H3,(H,35,42)(H,36,37)(H,38,39)/t24?,27?,29-,31?,34?/m1/s1. The number of hydrogen-bond acceptors (Lipinski definition) is 8. The van der Waals surface area contributed by atoms with Gasteiger partial charge in [-0.15, -0.1) is 11.8 Å². The number of aliphatic hydroxyl groups excluding tert-OH is 1. The van der Waals surface area contributed by atoms with Crippen molar-refractivity contribution in [2.24, 2.45) is 5.41 Å². The van der Waals surface area contributed by atoms with Crippen LogP contribution in [0.3, 0.4) is 0 Å². The van der Waals surface area contributed by atoms with Gasteiger partial charge in [-0.1, -0.05) is 111 Å². The molecule has 45 heavy (non-hydrogen) atoms. The molecule has 0 saturated heterocycles. The van der Waals surface area contributed by atoms with Crippen molar-refractivity contribution in [1.82, 2.24) is 10.6 Å². The van der Waals surface area contributed by atoms with Gasteiger partial charge in [0.1, 0.15) is 12.6 Å². The van der Waals surface area contributed by atoms with Gasteiger partial charge in [0.15, 0.2) is 5.78 Å². The number of nitrogens with one attached hydrogen (secondary N) is 2. The summed E-state index contributed by atoms with van der Waals surface area (Å²) in [5, 5.41) is 25.0. The van der Waals surface area contributed by atoms with Gasteiger partial charge in [0.25, 0.3) is 0 Å². The van der Waals surface area contributed by atoms with Gasteiger partial charge >= 0.3 is 5.97 Å². The van der Waals surface area contributed by atoms with Crippen LogP contribution in [-0.2, 0) is 24.0 Å². The van der Waals surface area contributed by atoms with Crippen molar-refractivity contribution in [3.05, 3.63) is 94.4 Å². The van der Waals surface area contributed by atoms with Crippen LogP contribution in [0.5, 0.6) is 0 Å². The Morgan fingerprint density at radius 1 is 1.02 bits per heavy atom. The third kappa shape index (κ3) is 7.77. The van der Waals surface area contributed by atoms with Gasteiger partial charge < -0.3 is 20.8 Å². The molecule has 2 aliphatic rings. The number of rotatable bonds is 13. The van der Waals surface area contributed by atoms with Crippen LogP contribution in [-0.4, -0.2) is 62.5 Å². The molecule has 9 nitrogen and oxygen atoms in total. The van der Waals surface area contributed by atoms with Crippen LogP contribution in [0.4, 0.5) is 0 Å². The zero-order valence-corrected chi connectivity index (χ0v) is 26.9. The molecule has 0 aromatic heterocycles. The van der Waals surface area contributed by atoms with Crippen LogP contribution < -0.4 is 10.6 Å². The highest BCUT2D eigenvalue weighted by atomic mass is 32.2. The minimum Gasteiger partial charge on any atom is -0.480 e. The second-order valence-corrected chi connectivity index (χ2v) is 13.2. The van der Waals surface area contributed by atoms with E-state index in [-0.39, 0.29) is 16.7 Å². The fraction of sp³-hybridized carbons (Fsp3) is 0.382. The maximum absolute atomic E-state index is 14.2. The molecule has 11 heteroatoms. The van der Waals surface area contributed by atoms with E-state index in [2.05, 4.69) is 10.6 Å². The summed E-state index contributed by atoms with van der Waals surface area (Å²) in [4.78, 5) is 65.3. The number of carboxylic acids is 1. The van der Waals surface area contributed by atoms with E-state index in [0.29, 0.717) is 28.9 Å². The normalized spacial score (nSPS) is 23.6. The Hall–Kier alpha value is -3.67. The zero-order valence-electron chi connectivity index (χ0n) is 25.2. The number of aliphatic hydroxyl groups is 1. The molecule has 0 bridgehead atoms. The van der Waals surface area contributed by atoms with Gasteiger partial charge in [-0.3, -0.25) is 24.0 Å². The first-order chi connectivity index (χ1) is 21.6. The van der Waals surface area contributed by atoms with E-state index in [1.165, 1.54) is 0 Å². The van der Waals surface area contributed by atoms with Gasteiger partial charge in [-0.25, -0.2) is 0 Å². The molecule has 4 rings (SSSR count). The van der Waals surface area contributed by atoms with Gasteiger partial charge in [-0.2, -0.15) is 0 Å². The average molecular weight is 651 g/mol. The first-order valence-electron chi connectivity index (χ1n) is 15.0. The Bertz CT molecular complexity index is 1480. The number of allylic oxidation sites excluding steroid dienone is 1. The minimum atomic E-state index is -1.22. The van der Waals surface area contributed by atoms with Crippen molar-refractivity contribution < 1.29 is 34.2 Å². The summed E-state index contributed by atoms with van der Waals surface area (Å²) in [6, 6.07) is 16.6. The quantitative estimate of drug-likeness (QED) is 0.245. The predicted molar refractivity (Wildman–Crippen MR) is 175 cm³/mol. The Kier molecular flexibility index (Phi) is 11.8. The minimum absolute atomic E-state index is 0.145. The Morgan fingerprint density at radius 3 is 2.31 bits per heavy atom. The maximum atomic E-state index is 14.2. The molecular weight excluding hydrogens is 613 g/mol. The van der Waals surface area contributed by atoms with Crippen LogP contribution in [0.15, 0.2) is 83.3 Å². The summed E-state index contributed by atoms with van der Waals surface area (Å²) >= 11 is 2.10. The second kappa shape index (κ2) is 15.6. The third-order valence-corrected chi connectivity index (χ3v) is 10.6. The summed E-state index contributed by atoms with van der Waals surface area (Å²) in [7, 11) is 0. The number of carbonyl (C=O) groups is 5. The topological polar surface area (TPSA) is 150 Å². The molecule has 0 radical (unpaired) electrons. The lowest BCUT2D eigenvalue weighted by Gasteiger charge is -2.39. The van der Waals surface area contributed by atoms with Crippen molar-refractivity contribution in [2.45, 2.75) is 62.8 Å². The summed E-state index contributed by atoms with van der Waals surface area (Å²) in [5.74, 6) is -3.58. The van der Waals surface area contributed by atoms with E-state index in [4.69, 9.17) is 5.11 Å². The lowest BCUT2D eigenvalue weighted by Crippen LogP contribution is -2.44. The van der Waals surface area contributed by atoms with Crippen molar-refractivity contribution in [1.29, 1.82) is 0 Å². The number of Topliss-reactive ketones (excluding diaryl/α,β-unsaturated/α-hetero) is 1. The highest BCUT2D eigenvalue weighted by Crippen LogP contribution is 2.53. The van der Waals surface area contributed by atoms with Crippen LogP contribution in [0.1, 0.15) is 62.6 Å². The summed E-state index contributed by atoms with van der Waals surface area (Å²) in [6.45, 7) is 3.35. The largest absolute Gasteiger partial charge is 0.480 e. The molecule has 0 saturated carbocycles.